The molecule has 11 heteroatoms. The minimum Gasteiger partial charge on any atom is -0.368 e. The fourth-order valence-electron chi connectivity index (χ4n) is 5.57. The molecule has 41 heavy (non-hydrogen) atoms. The van der Waals surface area contributed by atoms with E-state index >= 15 is 0 Å². The van der Waals surface area contributed by atoms with Crippen LogP contribution in [0.15, 0.2) is 60.9 Å². The Morgan fingerprint density at radius 2 is 1.73 bits per heavy atom. The van der Waals surface area contributed by atoms with Crippen LogP contribution in [-0.2, 0) is 9.59 Å². The smallest absolute Gasteiger partial charge is 0.236 e. The minimum absolute atomic E-state index is 0.0781. The lowest BCUT2D eigenvalue weighted by molar-refractivity contribution is -0.132. The summed E-state index contributed by atoms with van der Waals surface area (Å²) in [6, 6.07) is 15.4. The first-order chi connectivity index (χ1) is 19.9. The van der Waals surface area contributed by atoms with Crippen LogP contribution in [0.25, 0.3) is 22.3 Å². The minimum atomic E-state index is -0.198. The number of carbonyl (C=O) groups excluding carboxylic acids is 3. The summed E-state index contributed by atoms with van der Waals surface area (Å²) in [6.07, 6.45) is 4.17. The van der Waals surface area contributed by atoms with E-state index in [4.69, 9.17) is 0 Å². The number of aromatic nitrogens is 4. The van der Waals surface area contributed by atoms with E-state index in [-0.39, 0.29) is 23.5 Å². The molecule has 0 spiro atoms. The molecule has 2 saturated heterocycles. The Morgan fingerprint density at radius 1 is 0.976 bits per heavy atom. The van der Waals surface area contributed by atoms with Crippen molar-refractivity contribution in [2.24, 2.45) is 5.92 Å². The van der Waals surface area contributed by atoms with Gasteiger partial charge in [0.05, 0.1) is 18.0 Å². The Morgan fingerprint density at radius 3 is 2.46 bits per heavy atom. The lowest BCUT2D eigenvalue weighted by Crippen LogP contribution is -2.51. The van der Waals surface area contributed by atoms with Crippen molar-refractivity contribution in [3.05, 3.63) is 66.6 Å². The third-order valence-corrected chi connectivity index (χ3v) is 7.85. The molecule has 0 aliphatic carbocycles. The van der Waals surface area contributed by atoms with E-state index in [0.29, 0.717) is 61.7 Å². The first-order valence-corrected chi connectivity index (χ1v) is 13.9. The molecule has 2 amide bonds. The number of ketones is 1. The maximum atomic E-state index is 13.1. The van der Waals surface area contributed by atoms with Crippen molar-refractivity contribution >= 4 is 39.9 Å². The van der Waals surface area contributed by atoms with Gasteiger partial charge in [0.2, 0.25) is 11.8 Å². The van der Waals surface area contributed by atoms with Gasteiger partial charge in [-0.3, -0.25) is 24.4 Å². The molecule has 0 unspecified atom stereocenters. The van der Waals surface area contributed by atoms with Crippen molar-refractivity contribution in [3.8, 4) is 11.4 Å². The van der Waals surface area contributed by atoms with Crippen molar-refractivity contribution in [2.75, 3.05) is 56.0 Å². The number of hydrogen-bond donors (Lipinski definition) is 2. The van der Waals surface area contributed by atoms with E-state index < -0.39 is 0 Å². The van der Waals surface area contributed by atoms with Gasteiger partial charge in [0.1, 0.15) is 5.69 Å². The van der Waals surface area contributed by atoms with Crippen LogP contribution in [-0.4, -0.2) is 93.4 Å². The van der Waals surface area contributed by atoms with Gasteiger partial charge in [0.25, 0.3) is 0 Å². The van der Waals surface area contributed by atoms with Crippen LogP contribution in [0.5, 0.6) is 0 Å². The van der Waals surface area contributed by atoms with Gasteiger partial charge >= 0.3 is 0 Å². The van der Waals surface area contributed by atoms with Crippen molar-refractivity contribution in [1.29, 1.82) is 0 Å². The maximum Gasteiger partial charge on any atom is 0.236 e. The van der Waals surface area contributed by atoms with Crippen molar-refractivity contribution < 1.29 is 14.4 Å². The second-order valence-corrected chi connectivity index (χ2v) is 10.6. The molecule has 4 aromatic rings. The second kappa shape index (κ2) is 11.5. The fourth-order valence-corrected chi connectivity index (χ4v) is 5.57. The van der Waals surface area contributed by atoms with Crippen LogP contribution in [0.1, 0.15) is 23.8 Å². The normalized spacial score (nSPS) is 17.6. The molecule has 2 aliphatic rings. The van der Waals surface area contributed by atoms with Crippen LogP contribution < -0.4 is 10.2 Å². The number of likely N-dealkylation sites (tertiary alicyclic amines) is 1. The molecule has 210 valence electrons. The highest BCUT2D eigenvalue weighted by molar-refractivity contribution is 6.06. The quantitative estimate of drug-likeness (QED) is 0.335. The average Bonchev–Trinajstić information content (AvgIpc) is 3.65. The summed E-state index contributed by atoms with van der Waals surface area (Å²) in [5.74, 6) is 0.395. The van der Waals surface area contributed by atoms with Gasteiger partial charge in [0.15, 0.2) is 11.6 Å². The Balaban J connectivity index is 0.975. The standard InChI is InChI=1S/C30H32N8O3/c1-20(39)28-25-17-23(5-8-26(25)34-35-28)33-30(41)22-9-12-36(18-22)19-27(40)38-15-13-37(14-16-38)24-6-3-21(4-7-24)29-31-10-2-11-32-29/h2-8,10-11,17,22H,9,12-16,18-19H2,1H3,(H,33,41)(H,34,35)/t22-/m1/s1. The fraction of sp³-hybridized carbons (Fsp3) is 0.333. The molecule has 0 bridgehead atoms. The highest BCUT2D eigenvalue weighted by atomic mass is 16.2. The number of aromatic amines is 1. The van der Waals surface area contributed by atoms with Gasteiger partial charge in [0, 0.05) is 74.4 Å². The molecular weight excluding hydrogens is 520 g/mol. The topological polar surface area (TPSA) is 127 Å². The zero-order valence-electron chi connectivity index (χ0n) is 22.9. The predicted molar refractivity (Wildman–Crippen MR) is 156 cm³/mol. The van der Waals surface area contributed by atoms with Gasteiger partial charge < -0.3 is 15.1 Å². The summed E-state index contributed by atoms with van der Waals surface area (Å²) in [5.41, 5.74) is 3.83. The molecule has 0 saturated carbocycles. The van der Waals surface area contributed by atoms with E-state index in [9.17, 15) is 14.4 Å². The Labute approximate surface area is 237 Å². The first-order valence-electron chi connectivity index (χ1n) is 13.9. The number of Topliss-reactive ketones (excluding diaryl/α,β-unsaturated/α-hetero) is 1. The highest BCUT2D eigenvalue weighted by Gasteiger charge is 2.31. The summed E-state index contributed by atoms with van der Waals surface area (Å²) in [5, 5.41) is 10.6. The van der Waals surface area contributed by atoms with Crippen molar-refractivity contribution in [3.63, 3.8) is 0 Å². The van der Waals surface area contributed by atoms with Crippen LogP contribution >= 0.6 is 0 Å². The number of amides is 2. The number of carbonyl (C=O) groups is 3. The number of benzene rings is 2. The van der Waals surface area contributed by atoms with Gasteiger partial charge in [-0.25, -0.2) is 9.97 Å². The third kappa shape index (κ3) is 5.80. The SMILES string of the molecule is CC(=O)c1n[nH]c2ccc(NC(=O)[C@@H]3CCN(CC(=O)N4CCN(c5ccc(-c6ncccn6)cc5)CC4)C3)cc12. The van der Waals surface area contributed by atoms with Crippen LogP contribution in [0.4, 0.5) is 11.4 Å². The zero-order valence-corrected chi connectivity index (χ0v) is 22.9. The molecular formula is C30H32N8O3. The van der Waals surface area contributed by atoms with Gasteiger partial charge in [-0.05, 0) is 61.5 Å². The number of anilines is 2. The van der Waals surface area contributed by atoms with E-state index in [0.717, 1.165) is 29.9 Å². The van der Waals surface area contributed by atoms with Crippen LogP contribution in [0, 0.1) is 5.92 Å². The summed E-state index contributed by atoms with van der Waals surface area (Å²) < 4.78 is 0. The van der Waals surface area contributed by atoms with Gasteiger partial charge in [-0.15, -0.1) is 0 Å². The number of hydrogen-bond acceptors (Lipinski definition) is 8. The largest absolute Gasteiger partial charge is 0.368 e. The molecule has 2 aromatic carbocycles. The first kappa shape index (κ1) is 26.6. The lowest BCUT2D eigenvalue weighted by atomic mass is 10.1. The van der Waals surface area contributed by atoms with E-state index in [1.54, 1.807) is 36.7 Å². The Hall–Kier alpha value is -4.64. The summed E-state index contributed by atoms with van der Waals surface area (Å²) in [4.78, 5) is 52.8. The molecule has 2 N–H and O–H groups in total. The zero-order chi connectivity index (χ0) is 28.3. The monoisotopic (exact) mass is 552 g/mol. The number of rotatable bonds is 7. The molecule has 2 aliphatic heterocycles. The van der Waals surface area contributed by atoms with Gasteiger partial charge in [-0.2, -0.15) is 5.10 Å². The van der Waals surface area contributed by atoms with Crippen LogP contribution in [0.3, 0.4) is 0 Å². The second-order valence-electron chi connectivity index (χ2n) is 10.6. The maximum absolute atomic E-state index is 13.1. The Kier molecular flexibility index (Phi) is 7.43. The summed E-state index contributed by atoms with van der Waals surface area (Å²) in [7, 11) is 0. The lowest BCUT2D eigenvalue weighted by Gasteiger charge is -2.36. The van der Waals surface area contributed by atoms with E-state index in [1.807, 2.05) is 17.0 Å². The number of piperazine rings is 1. The van der Waals surface area contributed by atoms with E-state index in [1.165, 1.54) is 6.92 Å². The molecule has 0 radical (unpaired) electrons. The summed E-state index contributed by atoms with van der Waals surface area (Å²) >= 11 is 0. The third-order valence-electron chi connectivity index (χ3n) is 7.85. The Bertz CT molecular complexity index is 1560. The number of fused-ring (bicyclic) bond motifs is 1. The molecule has 4 heterocycles. The average molecular weight is 553 g/mol. The van der Waals surface area contributed by atoms with Crippen LogP contribution in [0.2, 0.25) is 0 Å². The highest BCUT2D eigenvalue weighted by Crippen LogP contribution is 2.24. The molecule has 6 rings (SSSR count). The molecule has 11 nitrogen and oxygen atoms in total. The summed E-state index contributed by atoms with van der Waals surface area (Å²) in [6.45, 7) is 5.90. The predicted octanol–water partition coefficient (Wildman–Crippen LogP) is 2.83. The molecule has 1 atom stereocenters. The van der Waals surface area contributed by atoms with Crippen molar-refractivity contribution in [1.82, 2.24) is 30.0 Å². The molecule has 2 fully saturated rings. The number of H-pyrrole nitrogens is 1. The molecule has 2 aromatic heterocycles. The number of nitrogens with one attached hydrogen (secondary N) is 2. The number of nitrogens with zero attached hydrogens (tertiary/aromatic N) is 6. The van der Waals surface area contributed by atoms with E-state index in [2.05, 4.69) is 47.4 Å². The van der Waals surface area contributed by atoms with Gasteiger partial charge in [-0.1, -0.05) is 0 Å². The van der Waals surface area contributed by atoms with Crippen molar-refractivity contribution in [2.45, 2.75) is 13.3 Å².